The summed E-state index contributed by atoms with van der Waals surface area (Å²) >= 11 is 0. The zero-order valence-electron chi connectivity index (χ0n) is 8.09. The van der Waals surface area contributed by atoms with Gasteiger partial charge in [0, 0.05) is 28.0 Å². The van der Waals surface area contributed by atoms with Crippen LogP contribution in [0.25, 0.3) is 0 Å². The maximum atomic E-state index is 5.33. The average molecular weight is 194 g/mol. The third-order valence-electron chi connectivity index (χ3n) is 1.81. The van der Waals surface area contributed by atoms with Crippen molar-refractivity contribution in [3.8, 4) is 0 Å². The van der Waals surface area contributed by atoms with E-state index in [1.165, 1.54) is 0 Å². The second kappa shape index (κ2) is 5.63. The standard InChI is InChI=1S/C6H18N2O3Si/c1-6(8-5-7)12(9-2,10-3)11-4/h6,8H,5,7H2,1-4H3. The van der Waals surface area contributed by atoms with E-state index in [1.807, 2.05) is 6.92 Å². The zero-order valence-corrected chi connectivity index (χ0v) is 9.09. The summed E-state index contributed by atoms with van der Waals surface area (Å²) < 4.78 is 15.7. The van der Waals surface area contributed by atoms with Crippen molar-refractivity contribution in [1.29, 1.82) is 0 Å². The predicted molar refractivity (Wildman–Crippen MR) is 48.4 cm³/mol. The van der Waals surface area contributed by atoms with Crippen molar-refractivity contribution in [3.05, 3.63) is 0 Å². The van der Waals surface area contributed by atoms with Crippen LogP contribution in [0.4, 0.5) is 0 Å². The van der Waals surface area contributed by atoms with Crippen LogP contribution in [0, 0.1) is 0 Å². The maximum Gasteiger partial charge on any atom is 0.517 e. The van der Waals surface area contributed by atoms with Crippen LogP contribution in [0.5, 0.6) is 0 Å². The number of hydrogen-bond donors (Lipinski definition) is 2. The molecule has 74 valence electrons. The molecule has 1 unspecified atom stereocenters. The minimum absolute atomic E-state index is 0.00231. The van der Waals surface area contributed by atoms with Gasteiger partial charge in [0.1, 0.15) is 0 Å². The van der Waals surface area contributed by atoms with Crippen molar-refractivity contribution in [2.45, 2.75) is 12.6 Å². The number of hydrogen-bond acceptors (Lipinski definition) is 5. The van der Waals surface area contributed by atoms with Crippen LogP contribution in [0.2, 0.25) is 0 Å². The van der Waals surface area contributed by atoms with Crippen molar-refractivity contribution in [3.63, 3.8) is 0 Å². The van der Waals surface area contributed by atoms with Crippen LogP contribution in [0.15, 0.2) is 0 Å². The number of rotatable bonds is 6. The summed E-state index contributed by atoms with van der Waals surface area (Å²) in [6.07, 6.45) is 0. The van der Waals surface area contributed by atoms with Gasteiger partial charge in [0.25, 0.3) is 0 Å². The quantitative estimate of drug-likeness (QED) is 0.432. The highest BCUT2D eigenvalue weighted by Crippen LogP contribution is 2.10. The normalized spacial score (nSPS) is 14.8. The van der Waals surface area contributed by atoms with Gasteiger partial charge in [0.15, 0.2) is 0 Å². The van der Waals surface area contributed by atoms with Crippen LogP contribution in [0.1, 0.15) is 6.92 Å². The first-order chi connectivity index (χ1) is 5.66. The van der Waals surface area contributed by atoms with Crippen LogP contribution in [0.3, 0.4) is 0 Å². The van der Waals surface area contributed by atoms with E-state index in [1.54, 1.807) is 21.3 Å². The first kappa shape index (κ1) is 12.0. The Balaban J connectivity index is 4.24. The maximum absolute atomic E-state index is 5.33. The fraction of sp³-hybridized carbons (Fsp3) is 1.00. The Kier molecular flexibility index (Phi) is 5.63. The average Bonchev–Trinajstić information content (AvgIpc) is 2.09. The predicted octanol–water partition coefficient (Wildman–Crippen LogP) is -0.702. The van der Waals surface area contributed by atoms with Crippen molar-refractivity contribution in [2.24, 2.45) is 5.73 Å². The first-order valence-corrected chi connectivity index (χ1v) is 5.56. The molecule has 0 aliphatic rings. The molecule has 0 radical (unpaired) electrons. The molecular weight excluding hydrogens is 176 g/mol. The fourth-order valence-electron chi connectivity index (χ4n) is 1.08. The molecule has 0 amide bonds. The van der Waals surface area contributed by atoms with E-state index >= 15 is 0 Å². The van der Waals surface area contributed by atoms with Crippen molar-refractivity contribution < 1.29 is 13.3 Å². The summed E-state index contributed by atoms with van der Waals surface area (Å²) in [5, 5.41) is 3.00. The Bertz CT molecular complexity index is 113. The highest BCUT2D eigenvalue weighted by molar-refractivity contribution is 6.62. The summed E-state index contributed by atoms with van der Waals surface area (Å²) in [4.78, 5) is 0. The van der Waals surface area contributed by atoms with Gasteiger partial charge in [0.2, 0.25) is 0 Å². The van der Waals surface area contributed by atoms with Crippen molar-refractivity contribution >= 4 is 8.80 Å². The molecule has 1 atom stereocenters. The lowest BCUT2D eigenvalue weighted by atomic mass is 10.7. The van der Waals surface area contributed by atoms with E-state index in [2.05, 4.69) is 5.32 Å². The molecule has 0 bridgehead atoms. The Morgan fingerprint density at radius 2 is 1.67 bits per heavy atom. The highest BCUT2D eigenvalue weighted by atomic mass is 28.4. The second-order valence-corrected chi connectivity index (χ2v) is 5.64. The SMILES string of the molecule is CO[Si](OC)(OC)C(C)NCN. The lowest BCUT2D eigenvalue weighted by molar-refractivity contribution is 0.110. The molecule has 5 nitrogen and oxygen atoms in total. The first-order valence-electron chi connectivity index (χ1n) is 3.75. The van der Waals surface area contributed by atoms with Crippen LogP contribution in [-0.4, -0.2) is 42.5 Å². The Morgan fingerprint density at radius 3 is 1.92 bits per heavy atom. The molecule has 0 aromatic heterocycles. The van der Waals surface area contributed by atoms with Crippen molar-refractivity contribution in [1.82, 2.24) is 5.32 Å². The smallest absolute Gasteiger partial charge is 0.376 e. The third-order valence-corrected chi connectivity index (χ3v) is 4.78. The molecule has 6 heteroatoms. The van der Waals surface area contributed by atoms with E-state index in [9.17, 15) is 0 Å². The molecule has 3 N–H and O–H groups in total. The molecule has 0 heterocycles. The monoisotopic (exact) mass is 194 g/mol. The molecule has 0 aromatic rings. The van der Waals surface area contributed by atoms with Crippen LogP contribution >= 0.6 is 0 Å². The van der Waals surface area contributed by atoms with Gasteiger partial charge in [-0.1, -0.05) is 0 Å². The zero-order chi connectivity index (χ0) is 9.61. The van der Waals surface area contributed by atoms with Gasteiger partial charge in [-0.3, -0.25) is 5.32 Å². The lowest BCUT2D eigenvalue weighted by Crippen LogP contribution is -2.59. The summed E-state index contributed by atoms with van der Waals surface area (Å²) in [5.74, 6) is 0. The van der Waals surface area contributed by atoms with E-state index in [-0.39, 0.29) is 5.67 Å². The Labute approximate surface area is 74.5 Å². The molecule has 0 saturated carbocycles. The molecule has 0 rings (SSSR count). The van der Waals surface area contributed by atoms with Crippen LogP contribution in [-0.2, 0) is 13.3 Å². The molecule has 0 aliphatic heterocycles. The van der Waals surface area contributed by atoms with Gasteiger partial charge >= 0.3 is 8.80 Å². The van der Waals surface area contributed by atoms with Gasteiger partial charge in [-0.15, -0.1) is 0 Å². The molecule has 0 saturated heterocycles. The minimum Gasteiger partial charge on any atom is -0.376 e. The third kappa shape index (κ3) is 2.51. The van der Waals surface area contributed by atoms with E-state index in [4.69, 9.17) is 19.0 Å². The molecule has 0 aromatic carbocycles. The molecule has 0 aliphatic carbocycles. The van der Waals surface area contributed by atoms with Crippen LogP contribution < -0.4 is 11.1 Å². The Morgan fingerprint density at radius 1 is 1.25 bits per heavy atom. The van der Waals surface area contributed by atoms with Gasteiger partial charge in [-0.2, -0.15) is 0 Å². The second-order valence-electron chi connectivity index (χ2n) is 2.35. The van der Waals surface area contributed by atoms with Gasteiger partial charge in [0.05, 0.1) is 5.67 Å². The topological polar surface area (TPSA) is 65.7 Å². The lowest BCUT2D eigenvalue weighted by Gasteiger charge is -2.30. The van der Waals surface area contributed by atoms with Gasteiger partial charge in [-0.05, 0) is 6.92 Å². The van der Waals surface area contributed by atoms with Gasteiger partial charge < -0.3 is 19.0 Å². The van der Waals surface area contributed by atoms with E-state index in [0.717, 1.165) is 0 Å². The molecule has 0 spiro atoms. The largest absolute Gasteiger partial charge is 0.517 e. The Hall–Kier alpha value is 0.0169. The molecular formula is C6H18N2O3Si. The summed E-state index contributed by atoms with van der Waals surface area (Å²) in [7, 11) is 2.20. The van der Waals surface area contributed by atoms with Gasteiger partial charge in [-0.25, -0.2) is 0 Å². The number of nitrogens with two attached hydrogens (primary N) is 1. The summed E-state index contributed by atoms with van der Waals surface area (Å²) in [6.45, 7) is 2.31. The minimum atomic E-state index is -2.53. The fourth-order valence-corrected chi connectivity index (χ4v) is 3.01. The molecule has 0 fully saturated rings. The summed E-state index contributed by atoms with van der Waals surface area (Å²) in [5.41, 5.74) is 5.34. The number of nitrogens with one attached hydrogen (secondary N) is 1. The van der Waals surface area contributed by atoms with E-state index < -0.39 is 8.80 Å². The summed E-state index contributed by atoms with van der Waals surface area (Å²) in [6, 6.07) is 0. The van der Waals surface area contributed by atoms with Crippen molar-refractivity contribution in [2.75, 3.05) is 28.0 Å². The molecule has 12 heavy (non-hydrogen) atoms. The highest BCUT2D eigenvalue weighted by Gasteiger charge is 2.44. The van der Waals surface area contributed by atoms with E-state index in [0.29, 0.717) is 6.67 Å².